The second-order valence-corrected chi connectivity index (χ2v) is 16.1. The molecule has 0 spiro atoms. The quantitative estimate of drug-likeness (QED) is 0.380. The maximum Gasteiger partial charge on any atom is 0.265 e. The summed E-state index contributed by atoms with van der Waals surface area (Å²) in [5, 5.41) is 22.5. The third kappa shape index (κ3) is 3.97. The fraction of sp³-hybridized carbons (Fsp3) is 0.643. The third-order valence-corrected chi connectivity index (χ3v) is 12.8. The molecule has 0 radical (unpaired) electrons. The van der Waals surface area contributed by atoms with E-state index < -0.39 is 65.6 Å². The molecule has 10 heteroatoms. The molecule has 8 nitrogen and oxygen atoms in total. The normalized spacial score (nSPS) is 39.5. The van der Waals surface area contributed by atoms with Gasteiger partial charge in [0.15, 0.2) is 0 Å². The SMILES string of the molecule is CC1(C)C2CCC1(CS(=O)(=O)O)C(O)/C2=C/c1ccc(/C=C2\C3CCC(CS(=O)(=O)O)(C2O)C3(C)C)cc1. The first-order chi connectivity index (χ1) is 17.3. The summed E-state index contributed by atoms with van der Waals surface area (Å²) in [6.45, 7) is 7.86. The maximum absolute atomic E-state index is 11.8. The van der Waals surface area contributed by atoms with Gasteiger partial charge in [-0.3, -0.25) is 9.11 Å². The lowest BCUT2D eigenvalue weighted by atomic mass is 9.70. The summed E-state index contributed by atoms with van der Waals surface area (Å²) in [5.41, 5.74) is 0.449. The Kier molecular flexibility index (Phi) is 6.24. The van der Waals surface area contributed by atoms with Gasteiger partial charge in [0, 0.05) is 10.8 Å². The van der Waals surface area contributed by atoms with Crippen molar-refractivity contribution in [2.45, 2.75) is 65.6 Å². The Balaban J connectivity index is 1.43. The fourth-order valence-electron chi connectivity index (χ4n) is 8.79. The van der Waals surface area contributed by atoms with Crippen LogP contribution >= 0.6 is 0 Å². The smallest absolute Gasteiger partial charge is 0.265 e. The van der Waals surface area contributed by atoms with Crippen molar-refractivity contribution >= 4 is 32.4 Å². The molecular weight excluding hydrogens is 528 g/mol. The molecule has 1 aromatic carbocycles. The van der Waals surface area contributed by atoms with Crippen molar-refractivity contribution in [3.8, 4) is 0 Å². The van der Waals surface area contributed by atoms with Crippen molar-refractivity contribution in [2.75, 3.05) is 11.5 Å². The van der Waals surface area contributed by atoms with Gasteiger partial charge in [-0.1, -0.05) is 64.1 Å². The molecule has 4 bridgehead atoms. The molecule has 38 heavy (non-hydrogen) atoms. The van der Waals surface area contributed by atoms with E-state index in [1.807, 2.05) is 64.1 Å². The van der Waals surface area contributed by atoms with E-state index in [0.717, 1.165) is 35.1 Å². The van der Waals surface area contributed by atoms with Crippen LogP contribution in [0.1, 0.15) is 64.5 Å². The van der Waals surface area contributed by atoms with Crippen LogP contribution in [-0.4, -0.2) is 59.9 Å². The molecule has 4 N–H and O–H groups in total. The van der Waals surface area contributed by atoms with Crippen LogP contribution in [0, 0.1) is 33.5 Å². The Morgan fingerprint density at radius 2 is 1.03 bits per heavy atom. The van der Waals surface area contributed by atoms with E-state index in [4.69, 9.17) is 0 Å². The molecule has 4 aliphatic carbocycles. The Morgan fingerprint density at radius 3 is 1.32 bits per heavy atom. The van der Waals surface area contributed by atoms with E-state index in [1.165, 1.54) is 0 Å². The van der Waals surface area contributed by atoms with Crippen LogP contribution in [0.2, 0.25) is 0 Å². The zero-order valence-corrected chi connectivity index (χ0v) is 23.9. The minimum atomic E-state index is -4.26. The maximum atomic E-state index is 11.8. The van der Waals surface area contributed by atoms with Crippen molar-refractivity contribution in [3.63, 3.8) is 0 Å². The standard InChI is InChI=1S/C28H38O8S2/c1-25(2)21-9-11-27(25,15-37(31,32)33)23(29)19(21)13-17-5-7-18(8-6-17)14-20-22-10-12-28(24(20)30,26(22,3)4)16-38(34,35)36/h5-8,13-14,21-24,29-30H,9-12,15-16H2,1-4H3,(H,31,32,33)(H,34,35,36)/b19-13+,20-14+. The second kappa shape index (κ2) is 8.47. The van der Waals surface area contributed by atoms with Crippen molar-refractivity contribution in [3.05, 3.63) is 46.5 Å². The van der Waals surface area contributed by atoms with Gasteiger partial charge in [-0.25, -0.2) is 0 Å². The molecule has 0 heterocycles. The Bertz CT molecular complexity index is 1310. The number of benzene rings is 1. The number of hydrogen-bond donors (Lipinski definition) is 4. The van der Waals surface area contributed by atoms with Crippen molar-refractivity contribution in [1.29, 1.82) is 0 Å². The van der Waals surface area contributed by atoms with Crippen LogP contribution < -0.4 is 0 Å². The summed E-state index contributed by atoms with van der Waals surface area (Å²) < 4.78 is 66.4. The molecule has 4 fully saturated rings. The van der Waals surface area contributed by atoms with Crippen molar-refractivity contribution in [2.24, 2.45) is 33.5 Å². The molecule has 0 saturated heterocycles. The number of rotatable bonds is 6. The van der Waals surface area contributed by atoms with Gasteiger partial charge in [0.1, 0.15) is 0 Å². The first-order valence-electron chi connectivity index (χ1n) is 13.1. The minimum Gasteiger partial charge on any atom is -0.388 e. The van der Waals surface area contributed by atoms with Gasteiger partial charge < -0.3 is 10.2 Å². The number of hydrogen-bond acceptors (Lipinski definition) is 6. The van der Waals surface area contributed by atoms with E-state index in [1.54, 1.807) is 0 Å². The number of fused-ring (bicyclic) bond motifs is 4. The van der Waals surface area contributed by atoms with Crippen LogP contribution in [0.25, 0.3) is 12.2 Å². The van der Waals surface area contributed by atoms with Crippen molar-refractivity contribution < 1.29 is 36.2 Å². The molecule has 4 saturated carbocycles. The summed E-state index contributed by atoms with van der Waals surface area (Å²) in [5.74, 6) is -0.918. The van der Waals surface area contributed by atoms with Gasteiger partial charge >= 0.3 is 0 Å². The average Bonchev–Trinajstić information content (AvgIpc) is 3.27. The fourth-order valence-corrected chi connectivity index (χ4v) is 11.4. The number of aliphatic hydroxyl groups excluding tert-OH is 2. The summed E-state index contributed by atoms with van der Waals surface area (Å²) in [6.07, 6.45) is 4.45. The van der Waals surface area contributed by atoms with Crippen molar-refractivity contribution in [1.82, 2.24) is 0 Å². The van der Waals surface area contributed by atoms with Gasteiger partial charge in [0.05, 0.1) is 23.7 Å². The molecule has 0 aliphatic heterocycles. The van der Waals surface area contributed by atoms with E-state index >= 15 is 0 Å². The van der Waals surface area contributed by atoms with Gasteiger partial charge in [-0.2, -0.15) is 16.8 Å². The molecule has 210 valence electrons. The van der Waals surface area contributed by atoms with E-state index in [9.17, 15) is 36.2 Å². The van der Waals surface area contributed by atoms with Gasteiger partial charge in [-0.15, -0.1) is 0 Å². The predicted octanol–water partition coefficient (Wildman–Crippen LogP) is 3.82. The highest BCUT2D eigenvalue weighted by atomic mass is 32.2. The van der Waals surface area contributed by atoms with Crippen LogP contribution in [0.3, 0.4) is 0 Å². The Labute approximate surface area is 225 Å². The van der Waals surface area contributed by atoms with Gasteiger partial charge in [0.25, 0.3) is 20.2 Å². The molecule has 0 aromatic heterocycles. The highest BCUT2D eigenvalue weighted by Crippen LogP contribution is 2.69. The molecule has 5 rings (SSSR count). The lowest BCUT2D eigenvalue weighted by Crippen LogP contribution is -2.44. The molecule has 0 amide bonds. The van der Waals surface area contributed by atoms with Crippen LogP contribution in [-0.2, 0) is 20.2 Å². The largest absolute Gasteiger partial charge is 0.388 e. The lowest BCUT2D eigenvalue weighted by Gasteiger charge is -2.39. The summed E-state index contributed by atoms with van der Waals surface area (Å²) in [4.78, 5) is 0. The molecule has 1 aromatic rings. The van der Waals surface area contributed by atoms with E-state index in [2.05, 4.69) is 0 Å². The monoisotopic (exact) mass is 566 g/mol. The highest BCUT2D eigenvalue weighted by Gasteiger charge is 2.68. The Morgan fingerprint density at radius 1 is 0.711 bits per heavy atom. The van der Waals surface area contributed by atoms with Gasteiger partial charge in [0.2, 0.25) is 0 Å². The Hall–Kier alpha value is -1.56. The topological polar surface area (TPSA) is 149 Å². The molecule has 6 unspecified atom stereocenters. The predicted molar refractivity (Wildman–Crippen MR) is 145 cm³/mol. The van der Waals surface area contributed by atoms with E-state index in [-0.39, 0.29) is 11.8 Å². The molecule has 4 aliphatic rings. The summed E-state index contributed by atoms with van der Waals surface area (Å²) in [7, 11) is -8.52. The number of aliphatic hydroxyl groups is 2. The summed E-state index contributed by atoms with van der Waals surface area (Å²) >= 11 is 0. The third-order valence-electron chi connectivity index (χ3n) is 11.0. The van der Waals surface area contributed by atoms with E-state index in [0.29, 0.717) is 12.8 Å². The van der Waals surface area contributed by atoms with Crippen LogP contribution in [0.15, 0.2) is 35.4 Å². The zero-order valence-electron chi connectivity index (χ0n) is 22.3. The zero-order chi connectivity index (χ0) is 28.1. The first-order valence-corrected chi connectivity index (χ1v) is 16.4. The van der Waals surface area contributed by atoms with Gasteiger partial charge in [-0.05, 0) is 70.6 Å². The second-order valence-electron chi connectivity index (χ2n) is 13.2. The first kappa shape index (κ1) is 28.0. The highest BCUT2D eigenvalue weighted by molar-refractivity contribution is 7.86. The summed E-state index contributed by atoms with van der Waals surface area (Å²) in [6, 6.07) is 7.61. The minimum absolute atomic E-state index is 0.00598. The lowest BCUT2D eigenvalue weighted by molar-refractivity contribution is 0.0279. The molecular formula is C28H38O8S2. The van der Waals surface area contributed by atoms with Crippen LogP contribution in [0.5, 0.6) is 0 Å². The average molecular weight is 567 g/mol. The van der Waals surface area contributed by atoms with Crippen LogP contribution in [0.4, 0.5) is 0 Å². The molecule has 6 atom stereocenters.